The topological polar surface area (TPSA) is 56.7 Å². The van der Waals surface area contributed by atoms with E-state index in [-0.39, 0.29) is 29.9 Å². The highest BCUT2D eigenvalue weighted by atomic mass is 127. The molecule has 0 radical (unpaired) electrons. The molecule has 2 atom stereocenters. The van der Waals surface area contributed by atoms with Crippen LogP contribution in [0.2, 0.25) is 0 Å². The van der Waals surface area contributed by atoms with Crippen LogP contribution in [0.1, 0.15) is 33.1 Å². The van der Waals surface area contributed by atoms with Gasteiger partial charge in [-0.25, -0.2) is 0 Å². The molecular formula is C14H27IN4O. The van der Waals surface area contributed by atoms with E-state index in [1.54, 1.807) is 7.05 Å². The third-order valence-electron chi connectivity index (χ3n) is 3.73. The predicted molar refractivity (Wildman–Crippen MR) is 92.5 cm³/mol. The molecule has 6 heteroatoms. The number of hydrogen-bond acceptors (Lipinski definition) is 2. The maximum atomic E-state index is 11.7. The van der Waals surface area contributed by atoms with Crippen molar-refractivity contribution < 1.29 is 4.79 Å². The minimum atomic E-state index is 0. The molecule has 2 unspecified atom stereocenters. The molecule has 1 saturated carbocycles. The van der Waals surface area contributed by atoms with Gasteiger partial charge in [0.15, 0.2) is 5.96 Å². The molecule has 2 aliphatic rings. The van der Waals surface area contributed by atoms with Crippen molar-refractivity contribution in [3.63, 3.8) is 0 Å². The molecule has 0 spiro atoms. The molecule has 0 aromatic rings. The van der Waals surface area contributed by atoms with E-state index in [0.717, 1.165) is 31.9 Å². The fraction of sp³-hybridized carbons (Fsp3) is 0.857. The van der Waals surface area contributed by atoms with E-state index < -0.39 is 0 Å². The van der Waals surface area contributed by atoms with Crippen LogP contribution in [0.25, 0.3) is 0 Å². The Bertz CT molecular complexity index is 347. The lowest BCUT2D eigenvalue weighted by atomic mass is 9.92. The Labute approximate surface area is 139 Å². The second-order valence-electron chi connectivity index (χ2n) is 6.09. The van der Waals surface area contributed by atoms with Crippen molar-refractivity contribution in [3.8, 4) is 0 Å². The third-order valence-corrected chi connectivity index (χ3v) is 3.73. The van der Waals surface area contributed by atoms with E-state index in [9.17, 15) is 4.79 Å². The Morgan fingerprint density at radius 2 is 1.85 bits per heavy atom. The molecule has 0 aromatic heterocycles. The van der Waals surface area contributed by atoms with Crippen molar-refractivity contribution in [1.29, 1.82) is 0 Å². The molecule has 0 bridgehead atoms. The number of aliphatic imine (C=N–C) groups is 1. The van der Waals surface area contributed by atoms with Crippen LogP contribution in [0, 0.1) is 11.8 Å². The Kier molecular flexibility index (Phi) is 7.05. The lowest BCUT2D eigenvalue weighted by Crippen LogP contribution is -2.50. The second kappa shape index (κ2) is 8.05. The predicted octanol–water partition coefficient (Wildman–Crippen LogP) is 1.44. The maximum absolute atomic E-state index is 11.7. The lowest BCUT2D eigenvalue weighted by Gasteiger charge is -2.37. The highest BCUT2D eigenvalue weighted by Gasteiger charge is 2.25. The van der Waals surface area contributed by atoms with Gasteiger partial charge in [-0.05, 0) is 31.1 Å². The first kappa shape index (κ1) is 17.5. The van der Waals surface area contributed by atoms with Crippen molar-refractivity contribution >= 4 is 35.8 Å². The van der Waals surface area contributed by atoms with Gasteiger partial charge in [0, 0.05) is 26.2 Å². The number of nitrogens with zero attached hydrogens (tertiary/aromatic N) is 2. The molecule has 1 heterocycles. The number of rotatable bonds is 3. The molecule has 116 valence electrons. The largest absolute Gasteiger partial charge is 0.352 e. The van der Waals surface area contributed by atoms with E-state index in [1.807, 2.05) is 0 Å². The smallest absolute Gasteiger partial charge is 0.239 e. The first-order valence-electron chi connectivity index (χ1n) is 7.33. The summed E-state index contributed by atoms with van der Waals surface area (Å²) >= 11 is 0. The Morgan fingerprint density at radius 3 is 2.35 bits per heavy atom. The van der Waals surface area contributed by atoms with Gasteiger partial charge in [0.1, 0.15) is 0 Å². The Morgan fingerprint density at radius 1 is 1.25 bits per heavy atom. The van der Waals surface area contributed by atoms with Gasteiger partial charge < -0.3 is 15.5 Å². The Hall–Kier alpha value is -0.530. The fourth-order valence-corrected chi connectivity index (χ4v) is 2.83. The standard InChI is InChI=1S/C14H26N4O.HI/c1-10-6-11(2)9-18(8-10)14(15-3)16-7-13(19)17-12-4-5-12;/h10-12H,4-9H2,1-3H3,(H,15,16)(H,17,19);1H. The van der Waals surface area contributed by atoms with Gasteiger partial charge in [0.05, 0.1) is 6.54 Å². The summed E-state index contributed by atoms with van der Waals surface area (Å²) in [5.74, 6) is 2.29. The number of piperidine rings is 1. The average Bonchev–Trinajstić information content (AvgIpc) is 3.12. The summed E-state index contributed by atoms with van der Waals surface area (Å²) in [6.07, 6.45) is 3.53. The van der Waals surface area contributed by atoms with Crippen LogP contribution >= 0.6 is 24.0 Å². The van der Waals surface area contributed by atoms with Crippen LogP contribution in [0.3, 0.4) is 0 Å². The molecule has 1 aliphatic carbocycles. The minimum Gasteiger partial charge on any atom is -0.352 e. The zero-order valence-electron chi connectivity index (χ0n) is 12.7. The van der Waals surface area contributed by atoms with E-state index in [4.69, 9.17) is 0 Å². The van der Waals surface area contributed by atoms with E-state index in [0.29, 0.717) is 24.4 Å². The number of hydrogen-bond donors (Lipinski definition) is 2. The summed E-state index contributed by atoms with van der Waals surface area (Å²) in [4.78, 5) is 18.2. The van der Waals surface area contributed by atoms with Crippen LogP contribution in [0.5, 0.6) is 0 Å². The minimum absolute atomic E-state index is 0. The summed E-state index contributed by atoms with van der Waals surface area (Å²) in [6.45, 7) is 6.91. The molecule has 2 fully saturated rings. The zero-order chi connectivity index (χ0) is 13.8. The highest BCUT2D eigenvalue weighted by Crippen LogP contribution is 2.21. The first-order chi connectivity index (χ1) is 9.08. The number of amides is 1. The van der Waals surface area contributed by atoms with Crippen LogP contribution in [-0.4, -0.2) is 49.5 Å². The van der Waals surface area contributed by atoms with E-state index >= 15 is 0 Å². The molecule has 1 saturated heterocycles. The van der Waals surface area contributed by atoms with Gasteiger partial charge in [0.25, 0.3) is 0 Å². The summed E-state index contributed by atoms with van der Waals surface area (Å²) < 4.78 is 0. The van der Waals surface area contributed by atoms with Crippen molar-refractivity contribution in [1.82, 2.24) is 15.5 Å². The molecule has 1 amide bonds. The van der Waals surface area contributed by atoms with Gasteiger partial charge in [-0.2, -0.15) is 0 Å². The SMILES string of the molecule is CN=C(NCC(=O)NC1CC1)N1CC(C)CC(C)C1.I. The molecule has 1 aliphatic heterocycles. The number of halogens is 1. The van der Waals surface area contributed by atoms with Crippen molar-refractivity contribution in [2.75, 3.05) is 26.7 Å². The van der Waals surface area contributed by atoms with Crippen LogP contribution in [0.15, 0.2) is 4.99 Å². The molecule has 2 rings (SSSR count). The van der Waals surface area contributed by atoms with Crippen molar-refractivity contribution in [3.05, 3.63) is 0 Å². The monoisotopic (exact) mass is 394 g/mol. The van der Waals surface area contributed by atoms with Crippen molar-refractivity contribution in [2.45, 2.75) is 39.2 Å². The number of likely N-dealkylation sites (tertiary alicyclic amines) is 1. The second-order valence-corrected chi connectivity index (χ2v) is 6.09. The average molecular weight is 394 g/mol. The van der Waals surface area contributed by atoms with Gasteiger partial charge in [0.2, 0.25) is 5.91 Å². The zero-order valence-corrected chi connectivity index (χ0v) is 15.0. The quantitative estimate of drug-likeness (QED) is 0.433. The van der Waals surface area contributed by atoms with Gasteiger partial charge in [-0.3, -0.25) is 9.79 Å². The first-order valence-corrected chi connectivity index (χ1v) is 7.33. The summed E-state index contributed by atoms with van der Waals surface area (Å²) in [7, 11) is 1.78. The van der Waals surface area contributed by atoms with Crippen molar-refractivity contribution in [2.24, 2.45) is 16.8 Å². The summed E-state index contributed by atoms with van der Waals surface area (Å²) in [5.41, 5.74) is 0. The number of carbonyl (C=O) groups excluding carboxylic acids is 1. The molecular weight excluding hydrogens is 367 g/mol. The molecule has 2 N–H and O–H groups in total. The summed E-state index contributed by atoms with van der Waals surface area (Å²) in [6, 6.07) is 0.423. The fourth-order valence-electron chi connectivity index (χ4n) is 2.83. The molecule has 0 aromatic carbocycles. The van der Waals surface area contributed by atoms with E-state index in [1.165, 1.54) is 6.42 Å². The van der Waals surface area contributed by atoms with Crippen LogP contribution in [0.4, 0.5) is 0 Å². The summed E-state index contributed by atoms with van der Waals surface area (Å²) in [5, 5.41) is 6.16. The molecule has 5 nitrogen and oxygen atoms in total. The Balaban J connectivity index is 0.00000200. The van der Waals surface area contributed by atoms with Gasteiger partial charge in [-0.1, -0.05) is 13.8 Å². The van der Waals surface area contributed by atoms with Gasteiger partial charge in [-0.15, -0.1) is 24.0 Å². The number of guanidine groups is 1. The van der Waals surface area contributed by atoms with E-state index in [2.05, 4.69) is 34.4 Å². The maximum Gasteiger partial charge on any atom is 0.239 e. The molecule has 20 heavy (non-hydrogen) atoms. The van der Waals surface area contributed by atoms with Gasteiger partial charge >= 0.3 is 0 Å². The number of carbonyl (C=O) groups is 1. The highest BCUT2D eigenvalue weighted by molar-refractivity contribution is 14.0. The lowest BCUT2D eigenvalue weighted by molar-refractivity contribution is -0.120. The van der Waals surface area contributed by atoms with Crippen LogP contribution in [-0.2, 0) is 4.79 Å². The normalized spacial score (nSPS) is 26.8. The van der Waals surface area contributed by atoms with Crippen LogP contribution < -0.4 is 10.6 Å². The number of nitrogens with one attached hydrogen (secondary N) is 2. The third kappa shape index (κ3) is 5.46.